The smallest absolute Gasteiger partial charge is 0.191 e. The largest absolute Gasteiger partial charge is 0.369 e. The minimum absolute atomic E-state index is 0.188. The maximum atomic E-state index is 13.6. The summed E-state index contributed by atoms with van der Waals surface area (Å²) >= 11 is 0. The highest BCUT2D eigenvalue weighted by Gasteiger charge is 2.21. The number of halogens is 1. The summed E-state index contributed by atoms with van der Waals surface area (Å²) in [7, 11) is 1.80. The number of piperidine rings is 1. The van der Waals surface area contributed by atoms with Crippen molar-refractivity contribution in [1.29, 1.82) is 0 Å². The molecule has 6 heteroatoms. The Kier molecular flexibility index (Phi) is 6.52. The summed E-state index contributed by atoms with van der Waals surface area (Å²) in [6.45, 7) is 4.45. The van der Waals surface area contributed by atoms with Crippen LogP contribution in [0.15, 0.2) is 65.7 Å². The van der Waals surface area contributed by atoms with Crippen LogP contribution in [0.25, 0.3) is 0 Å². The average Bonchev–Trinajstić information content (AvgIpc) is 3.32. The number of hydrogen-bond donors (Lipinski definition) is 2. The standard InChI is InChI=1S/C24H30FN5/c1-26-24(27-17-19-7-4-10-22(15-19)29-12-2-3-13-29)28-21-9-6-14-30(18-21)23-11-5-8-20(25)16-23/h2-5,7-8,10-11,15-16,21H,6,9,12-14,17-18H2,1H3,(H2,26,27,28). The summed E-state index contributed by atoms with van der Waals surface area (Å²) in [5.41, 5.74) is 3.42. The summed E-state index contributed by atoms with van der Waals surface area (Å²) < 4.78 is 13.6. The third kappa shape index (κ3) is 5.12. The molecule has 4 rings (SSSR count). The molecule has 0 aromatic heterocycles. The fourth-order valence-electron chi connectivity index (χ4n) is 4.13. The Morgan fingerprint density at radius 2 is 1.83 bits per heavy atom. The molecule has 2 aromatic carbocycles. The van der Waals surface area contributed by atoms with E-state index < -0.39 is 0 Å². The predicted molar refractivity (Wildman–Crippen MR) is 123 cm³/mol. The van der Waals surface area contributed by atoms with Crippen LogP contribution in [-0.4, -0.2) is 45.2 Å². The third-order valence-electron chi connectivity index (χ3n) is 5.71. The Hall–Kier alpha value is -3.02. The van der Waals surface area contributed by atoms with Gasteiger partial charge >= 0.3 is 0 Å². The highest BCUT2D eigenvalue weighted by molar-refractivity contribution is 5.80. The van der Waals surface area contributed by atoms with Gasteiger partial charge in [-0.25, -0.2) is 4.39 Å². The van der Waals surface area contributed by atoms with Gasteiger partial charge in [0, 0.05) is 57.2 Å². The molecular weight excluding hydrogens is 377 g/mol. The highest BCUT2D eigenvalue weighted by Crippen LogP contribution is 2.21. The van der Waals surface area contributed by atoms with Crippen LogP contribution >= 0.6 is 0 Å². The van der Waals surface area contributed by atoms with E-state index >= 15 is 0 Å². The molecule has 0 amide bonds. The van der Waals surface area contributed by atoms with Gasteiger partial charge in [-0.05, 0) is 48.7 Å². The molecule has 0 saturated carbocycles. The molecular formula is C24H30FN5. The van der Waals surface area contributed by atoms with Crippen LogP contribution in [0.4, 0.5) is 15.8 Å². The Labute approximate surface area is 178 Å². The lowest BCUT2D eigenvalue weighted by Gasteiger charge is -2.35. The van der Waals surface area contributed by atoms with Crippen molar-refractivity contribution in [2.24, 2.45) is 4.99 Å². The fraction of sp³-hybridized carbons (Fsp3) is 0.375. The monoisotopic (exact) mass is 407 g/mol. The lowest BCUT2D eigenvalue weighted by atomic mass is 10.0. The van der Waals surface area contributed by atoms with E-state index in [-0.39, 0.29) is 11.9 Å². The van der Waals surface area contributed by atoms with Gasteiger partial charge in [0.05, 0.1) is 0 Å². The van der Waals surface area contributed by atoms with E-state index in [0.717, 1.165) is 57.2 Å². The van der Waals surface area contributed by atoms with E-state index in [1.54, 1.807) is 19.2 Å². The van der Waals surface area contributed by atoms with Crippen LogP contribution < -0.4 is 20.4 Å². The summed E-state index contributed by atoms with van der Waals surface area (Å²) in [6, 6.07) is 15.8. The van der Waals surface area contributed by atoms with E-state index in [9.17, 15) is 4.39 Å². The minimum atomic E-state index is -0.188. The SMILES string of the molecule is CN=C(NCc1cccc(N2CC=CC2)c1)NC1CCCN(c2cccc(F)c2)C1. The Balaban J connectivity index is 1.32. The molecule has 1 saturated heterocycles. The topological polar surface area (TPSA) is 42.9 Å². The van der Waals surface area contributed by atoms with Crippen molar-refractivity contribution in [1.82, 2.24) is 10.6 Å². The van der Waals surface area contributed by atoms with Crippen LogP contribution in [0.3, 0.4) is 0 Å². The first kappa shape index (κ1) is 20.3. The van der Waals surface area contributed by atoms with Crippen molar-refractivity contribution >= 4 is 17.3 Å². The van der Waals surface area contributed by atoms with Gasteiger partial charge in [-0.15, -0.1) is 0 Å². The van der Waals surface area contributed by atoms with Gasteiger partial charge < -0.3 is 20.4 Å². The number of hydrogen-bond acceptors (Lipinski definition) is 3. The fourth-order valence-corrected chi connectivity index (χ4v) is 4.13. The normalized spacial score (nSPS) is 19.3. The molecule has 0 aliphatic carbocycles. The molecule has 158 valence electrons. The number of benzene rings is 2. The van der Waals surface area contributed by atoms with Crippen LogP contribution in [-0.2, 0) is 6.54 Å². The van der Waals surface area contributed by atoms with Gasteiger partial charge in [0.25, 0.3) is 0 Å². The van der Waals surface area contributed by atoms with Crippen molar-refractivity contribution in [2.45, 2.75) is 25.4 Å². The number of guanidine groups is 1. The molecule has 2 aliphatic heterocycles. The second-order valence-corrected chi connectivity index (χ2v) is 7.88. The first-order valence-corrected chi connectivity index (χ1v) is 10.7. The Bertz CT molecular complexity index is 902. The highest BCUT2D eigenvalue weighted by atomic mass is 19.1. The van der Waals surface area contributed by atoms with Crippen LogP contribution in [0.1, 0.15) is 18.4 Å². The van der Waals surface area contributed by atoms with Gasteiger partial charge in [-0.1, -0.05) is 30.4 Å². The van der Waals surface area contributed by atoms with E-state index in [4.69, 9.17) is 0 Å². The van der Waals surface area contributed by atoms with Crippen molar-refractivity contribution in [2.75, 3.05) is 43.0 Å². The zero-order chi connectivity index (χ0) is 20.8. The van der Waals surface area contributed by atoms with Gasteiger partial charge in [0.1, 0.15) is 5.82 Å². The summed E-state index contributed by atoms with van der Waals surface area (Å²) in [4.78, 5) is 8.99. The maximum Gasteiger partial charge on any atom is 0.191 e. The van der Waals surface area contributed by atoms with Gasteiger partial charge in [0.15, 0.2) is 5.96 Å². The molecule has 5 nitrogen and oxygen atoms in total. The summed E-state index contributed by atoms with van der Waals surface area (Å²) in [6.07, 6.45) is 6.54. The van der Waals surface area contributed by atoms with E-state index in [2.05, 4.69) is 61.8 Å². The number of rotatable bonds is 5. The zero-order valence-electron chi connectivity index (χ0n) is 17.5. The molecule has 2 N–H and O–H groups in total. The number of nitrogens with zero attached hydrogens (tertiary/aromatic N) is 3. The quantitative estimate of drug-likeness (QED) is 0.452. The van der Waals surface area contributed by atoms with Gasteiger partial charge in [-0.2, -0.15) is 0 Å². The first-order chi connectivity index (χ1) is 14.7. The molecule has 1 fully saturated rings. The number of nitrogens with one attached hydrogen (secondary N) is 2. The maximum absolute atomic E-state index is 13.6. The molecule has 2 aliphatic rings. The lowest BCUT2D eigenvalue weighted by Crippen LogP contribution is -2.51. The molecule has 2 heterocycles. The number of anilines is 2. The third-order valence-corrected chi connectivity index (χ3v) is 5.71. The molecule has 30 heavy (non-hydrogen) atoms. The van der Waals surface area contributed by atoms with Crippen molar-refractivity contribution in [3.8, 4) is 0 Å². The van der Waals surface area contributed by atoms with Gasteiger partial charge in [0.2, 0.25) is 0 Å². The zero-order valence-corrected chi connectivity index (χ0v) is 17.5. The molecule has 0 spiro atoms. The lowest BCUT2D eigenvalue weighted by molar-refractivity contribution is 0.467. The van der Waals surface area contributed by atoms with Crippen LogP contribution in [0, 0.1) is 5.82 Å². The summed E-state index contributed by atoms with van der Waals surface area (Å²) in [5.74, 6) is 0.612. The van der Waals surface area contributed by atoms with Crippen molar-refractivity contribution < 1.29 is 4.39 Å². The molecule has 0 radical (unpaired) electrons. The molecule has 2 aromatic rings. The van der Waals surface area contributed by atoms with Crippen molar-refractivity contribution in [3.63, 3.8) is 0 Å². The van der Waals surface area contributed by atoms with E-state index in [0.29, 0.717) is 0 Å². The molecule has 1 atom stereocenters. The van der Waals surface area contributed by atoms with E-state index in [1.807, 2.05) is 6.07 Å². The van der Waals surface area contributed by atoms with E-state index in [1.165, 1.54) is 17.3 Å². The van der Waals surface area contributed by atoms with Crippen molar-refractivity contribution in [3.05, 3.63) is 72.1 Å². The summed E-state index contributed by atoms with van der Waals surface area (Å²) in [5, 5.41) is 6.98. The first-order valence-electron chi connectivity index (χ1n) is 10.7. The second-order valence-electron chi connectivity index (χ2n) is 7.88. The van der Waals surface area contributed by atoms with Gasteiger partial charge in [-0.3, -0.25) is 4.99 Å². The van der Waals surface area contributed by atoms with Crippen LogP contribution in [0.2, 0.25) is 0 Å². The number of aliphatic imine (C=N–C) groups is 1. The Morgan fingerprint density at radius 1 is 1.07 bits per heavy atom. The predicted octanol–water partition coefficient (Wildman–Crippen LogP) is 3.54. The molecule has 1 unspecified atom stereocenters. The second kappa shape index (κ2) is 9.65. The average molecular weight is 408 g/mol. The van der Waals surface area contributed by atoms with Crippen LogP contribution in [0.5, 0.6) is 0 Å². The molecule has 0 bridgehead atoms. The minimum Gasteiger partial charge on any atom is -0.369 e. The Morgan fingerprint density at radius 3 is 2.60 bits per heavy atom.